The molecule has 0 bridgehead atoms. The second-order valence-corrected chi connectivity index (χ2v) is 12.3. The number of thioether (sulfide) groups is 1. The Morgan fingerprint density at radius 1 is 1.15 bits per heavy atom. The van der Waals surface area contributed by atoms with E-state index in [-0.39, 0.29) is 18.2 Å². The highest BCUT2D eigenvalue weighted by molar-refractivity contribution is 8.15. The van der Waals surface area contributed by atoms with Crippen molar-refractivity contribution in [2.45, 2.75) is 23.8 Å². The molecule has 1 N–H and O–H groups in total. The summed E-state index contributed by atoms with van der Waals surface area (Å²) >= 11 is 2.09. The fourth-order valence-corrected chi connectivity index (χ4v) is 7.07. The van der Waals surface area contributed by atoms with Gasteiger partial charge in [0.2, 0.25) is 17.7 Å². The Kier molecular flexibility index (Phi) is 5.74. The van der Waals surface area contributed by atoms with Gasteiger partial charge in [0.1, 0.15) is 10.3 Å². The van der Waals surface area contributed by atoms with E-state index in [9.17, 15) is 18.0 Å². The van der Waals surface area contributed by atoms with Crippen LogP contribution in [0.1, 0.15) is 27.6 Å². The maximum absolute atomic E-state index is 12.7. The van der Waals surface area contributed by atoms with Gasteiger partial charge in [-0.15, -0.1) is 21.5 Å². The molecule has 1 fully saturated rings. The van der Waals surface area contributed by atoms with Crippen molar-refractivity contribution in [2.24, 2.45) is 0 Å². The number of rotatable bonds is 6. The fourth-order valence-electron chi connectivity index (χ4n) is 3.75. The molecule has 174 valence electrons. The predicted molar refractivity (Wildman–Crippen MR) is 129 cm³/mol. The first kappa shape index (κ1) is 22.7. The number of benzene rings is 2. The third-order valence-electron chi connectivity index (χ3n) is 5.32. The Morgan fingerprint density at radius 2 is 1.91 bits per heavy atom. The van der Waals surface area contributed by atoms with E-state index in [1.165, 1.54) is 11.3 Å². The molecule has 2 unspecified atom stereocenters. The van der Waals surface area contributed by atoms with Crippen molar-refractivity contribution in [1.29, 1.82) is 0 Å². The Bertz CT molecular complexity index is 1530. The molecule has 0 spiro atoms. The van der Waals surface area contributed by atoms with Crippen molar-refractivity contribution in [1.82, 2.24) is 20.5 Å². The summed E-state index contributed by atoms with van der Waals surface area (Å²) in [6, 6.07) is 13.9. The number of nitrogens with zero attached hydrogens (tertiary/aromatic N) is 3. The number of carbonyl (C=O) groups is 2. The molecule has 4 aromatic rings. The summed E-state index contributed by atoms with van der Waals surface area (Å²) < 4.78 is 32.0. The standard InChI is InChI=1S/C22H18N4O5S3/c1-11-8-14-15(9-13(11)12-6-4-3-5-7-12)32-21(23-14)18(34(2,29)30)20-26-25-17(31-20)10-16-19(27)24-22(28)33-16/h3-9,16,18H,10H2,1-2H3,(H,24,27,28). The van der Waals surface area contributed by atoms with Crippen molar-refractivity contribution in [3.05, 3.63) is 64.8 Å². The number of sulfone groups is 1. The minimum atomic E-state index is -3.71. The lowest BCUT2D eigenvalue weighted by atomic mass is 10.0. The molecule has 2 aromatic heterocycles. The second-order valence-electron chi connectivity index (χ2n) is 7.88. The minimum absolute atomic E-state index is 0.0190. The third-order valence-corrected chi connectivity index (χ3v) is 8.82. The van der Waals surface area contributed by atoms with Gasteiger partial charge < -0.3 is 4.42 Å². The molecule has 0 radical (unpaired) electrons. The van der Waals surface area contributed by atoms with Crippen molar-refractivity contribution in [3.63, 3.8) is 0 Å². The van der Waals surface area contributed by atoms with E-state index in [2.05, 4.69) is 20.5 Å². The number of amides is 2. The monoisotopic (exact) mass is 514 g/mol. The predicted octanol–water partition coefficient (Wildman–Crippen LogP) is 3.68. The molecular formula is C22H18N4O5S3. The van der Waals surface area contributed by atoms with Gasteiger partial charge in [-0.25, -0.2) is 13.4 Å². The van der Waals surface area contributed by atoms with Gasteiger partial charge in [-0.3, -0.25) is 14.9 Å². The highest BCUT2D eigenvalue weighted by atomic mass is 32.2. The van der Waals surface area contributed by atoms with E-state index in [1.54, 1.807) is 0 Å². The summed E-state index contributed by atoms with van der Waals surface area (Å²) in [5.74, 6) is -0.481. The smallest absolute Gasteiger partial charge is 0.286 e. The average molecular weight is 515 g/mol. The Labute approximate surface area is 202 Å². The number of hydrogen-bond acceptors (Lipinski definition) is 10. The first-order valence-corrected chi connectivity index (χ1v) is 13.8. The normalized spacial score (nSPS) is 17.3. The molecule has 2 atom stereocenters. The van der Waals surface area contributed by atoms with Crippen molar-refractivity contribution in [2.75, 3.05) is 6.26 Å². The van der Waals surface area contributed by atoms with E-state index >= 15 is 0 Å². The molecule has 9 nitrogen and oxygen atoms in total. The molecule has 0 saturated carbocycles. The van der Waals surface area contributed by atoms with Crippen LogP contribution >= 0.6 is 23.1 Å². The molecule has 2 amide bonds. The summed E-state index contributed by atoms with van der Waals surface area (Å²) in [7, 11) is -3.71. The highest BCUT2D eigenvalue weighted by Crippen LogP contribution is 2.37. The SMILES string of the molecule is Cc1cc2nc(C(c3nnc(CC4SC(=O)NC4=O)o3)S(C)(=O)=O)sc2cc1-c1ccccc1. The summed E-state index contributed by atoms with van der Waals surface area (Å²) in [4.78, 5) is 27.8. The van der Waals surface area contributed by atoms with Crippen molar-refractivity contribution < 1.29 is 22.4 Å². The number of aromatic nitrogens is 3. The molecule has 2 aromatic carbocycles. The molecule has 1 aliphatic rings. The zero-order valence-corrected chi connectivity index (χ0v) is 20.5. The average Bonchev–Trinajstić information content (AvgIpc) is 3.46. The zero-order valence-electron chi connectivity index (χ0n) is 18.0. The van der Waals surface area contributed by atoms with Gasteiger partial charge in [-0.2, -0.15) is 0 Å². The number of carbonyl (C=O) groups excluding carboxylic acids is 2. The number of nitrogens with one attached hydrogen (secondary N) is 1. The lowest BCUT2D eigenvalue weighted by Crippen LogP contribution is -2.25. The number of imide groups is 1. The fraction of sp³-hybridized carbons (Fsp3) is 0.227. The van der Waals surface area contributed by atoms with Gasteiger partial charge in [-0.1, -0.05) is 42.1 Å². The Hall–Kier alpha value is -3.09. The minimum Gasteiger partial charge on any atom is -0.423 e. The van der Waals surface area contributed by atoms with E-state index in [4.69, 9.17) is 4.42 Å². The quantitative estimate of drug-likeness (QED) is 0.409. The molecule has 12 heteroatoms. The lowest BCUT2D eigenvalue weighted by molar-refractivity contribution is -0.119. The third kappa shape index (κ3) is 4.36. The van der Waals surface area contributed by atoms with Crippen LogP contribution in [0.25, 0.3) is 21.3 Å². The molecule has 34 heavy (non-hydrogen) atoms. The molecule has 5 rings (SSSR count). The van der Waals surface area contributed by atoms with Gasteiger partial charge in [0.25, 0.3) is 5.24 Å². The second kappa shape index (κ2) is 8.60. The summed E-state index contributed by atoms with van der Waals surface area (Å²) in [6.07, 6.45) is 1.11. The van der Waals surface area contributed by atoms with Crippen molar-refractivity contribution in [3.8, 4) is 11.1 Å². The van der Waals surface area contributed by atoms with Gasteiger partial charge in [0, 0.05) is 12.7 Å². The van der Waals surface area contributed by atoms with Crippen LogP contribution in [0.5, 0.6) is 0 Å². The molecule has 1 aliphatic heterocycles. The lowest BCUT2D eigenvalue weighted by Gasteiger charge is -2.07. The van der Waals surface area contributed by atoms with E-state index in [0.717, 1.165) is 39.4 Å². The van der Waals surface area contributed by atoms with Gasteiger partial charge in [0.15, 0.2) is 15.1 Å². The van der Waals surface area contributed by atoms with Gasteiger partial charge in [-0.05, 0) is 35.7 Å². The molecule has 1 saturated heterocycles. The maximum atomic E-state index is 12.7. The summed E-state index contributed by atoms with van der Waals surface area (Å²) in [5.41, 5.74) is 3.81. The number of hydrogen-bond donors (Lipinski definition) is 1. The van der Waals surface area contributed by atoms with Crippen molar-refractivity contribution >= 4 is 54.3 Å². The van der Waals surface area contributed by atoms with E-state index in [1.807, 2.05) is 49.4 Å². The van der Waals surface area contributed by atoms with E-state index < -0.39 is 31.5 Å². The van der Waals surface area contributed by atoms with Crippen LogP contribution in [0.3, 0.4) is 0 Å². The molecular weight excluding hydrogens is 496 g/mol. The van der Waals surface area contributed by atoms with Crippen LogP contribution in [0.4, 0.5) is 4.79 Å². The van der Waals surface area contributed by atoms with Gasteiger partial charge >= 0.3 is 0 Å². The Balaban J connectivity index is 1.51. The zero-order chi connectivity index (χ0) is 24.0. The molecule has 3 heterocycles. The topological polar surface area (TPSA) is 132 Å². The summed E-state index contributed by atoms with van der Waals surface area (Å²) in [5, 5.41) is 7.99. The first-order chi connectivity index (χ1) is 16.2. The Morgan fingerprint density at radius 3 is 2.59 bits per heavy atom. The van der Waals surface area contributed by atoms with Crippen LogP contribution in [0.15, 0.2) is 46.9 Å². The largest absolute Gasteiger partial charge is 0.423 e. The van der Waals surface area contributed by atoms with Crippen LogP contribution in [-0.2, 0) is 21.1 Å². The number of thiazole rings is 1. The number of aryl methyl sites for hydroxylation is 1. The van der Waals surface area contributed by atoms with E-state index in [0.29, 0.717) is 10.5 Å². The van der Waals surface area contributed by atoms with Gasteiger partial charge in [0.05, 0.1) is 10.2 Å². The molecule has 0 aliphatic carbocycles. The van der Waals surface area contributed by atoms with Crippen LogP contribution < -0.4 is 5.32 Å². The number of fused-ring (bicyclic) bond motifs is 1. The first-order valence-electron chi connectivity index (χ1n) is 10.2. The van der Waals surface area contributed by atoms with Crippen LogP contribution in [0, 0.1) is 6.92 Å². The maximum Gasteiger partial charge on any atom is 0.286 e. The highest BCUT2D eigenvalue weighted by Gasteiger charge is 2.36. The summed E-state index contributed by atoms with van der Waals surface area (Å²) in [6.45, 7) is 1.99. The van der Waals surface area contributed by atoms with Crippen LogP contribution in [0.2, 0.25) is 0 Å². The van der Waals surface area contributed by atoms with Crippen LogP contribution in [-0.4, -0.2) is 46.3 Å².